The predicted octanol–water partition coefficient (Wildman–Crippen LogP) is 3.61. The lowest BCUT2D eigenvalue weighted by Crippen LogP contribution is -2.34. The standard InChI is InChI=1S/C10H18S/c1-2-4-9-11-10(6-3-1)7-5-8-10/h1-9H2. The second-order valence-electron chi connectivity index (χ2n) is 4.05. The van der Waals surface area contributed by atoms with Crippen LogP contribution in [0.1, 0.15) is 51.4 Å². The van der Waals surface area contributed by atoms with E-state index < -0.39 is 0 Å². The minimum atomic E-state index is 0.792. The van der Waals surface area contributed by atoms with E-state index in [0.29, 0.717) is 0 Å². The molecule has 2 rings (SSSR count). The molecule has 0 aromatic carbocycles. The average molecular weight is 170 g/mol. The molecule has 0 amide bonds. The van der Waals surface area contributed by atoms with Crippen LogP contribution in [0.5, 0.6) is 0 Å². The molecule has 11 heavy (non-hydrogen) atoms. The van der Waals surface area contributed by atoms with Crippen molar-refractivity contribution in [1.82, 2.24) is 0 Å². The third kappa shape index (κ3) is 1.74. The molecule has 1 aliphatic heterocycles. The first-order valence-corrected chi connectivity index (χ1v) is 6.04. The first kappa shape index (κ1) is 7.97. The Labute approximate surface area is 74.1 Å². The van der Waals surface area contributed by atoms with Gasteiger partial charge in [-0.1, -0.05) is 25.7 Å². The van der Waals surface area contributed by atoms with Crippen LogP contribution in [0.15, 0.2) is 0 Å². The van der Waals surface area contributed by atoms with Crippen molar-refractivity contribution in [3.8, 4) is 0 Å². The van der Waals surface area contributed by atoms with Crippen LogP contribution in [0.3, 0.4) is 0 Å². The molecule has 1 saturated heterocycles. The van der Waals surface area contributed by atoms with E-state index in [4.69, 9.17) is 0 Å². The zero-order valence-electron chi connectivity index (χ0n) is 7.27. The van der Waals surface area contributed by atoms with Gasteiger partial charge >= 0.3 is 0 Å². The lowest BCUT2D eigenvalue weighted by Gasteiger charge is -2.42. The van der Waals surface area contributed by atoms with E-state index in [9.17, 15) is 0 Å². The quantitative estimate of drug-likeness (QED) is 0.535. The Bertz CT molecular complexity index is 117. The lowest BCUT2D eigenvalue weighted by atomic mass is 9.80. The van der Waals surface area contributed by atoms with Crippen molar-refractivity contribution < 1.29 is 0 Å². The van der Waals surface area contributed by atoms with Crippen LogP contribution in [0.4, 0.5) is 0 Å². The summed E-state index contributed by atoms with van der Waals surface area (Å²) in [4.78, 5) is 0. The fraction of sp³-hybridized carbons (Fsp3) is 1.00. The van der Waals surface area contributed by atoms with Crippen LogP contribution in [0, 0.1) is 0 Å². The van der Waals surface area contributed by atoms with Crippen LogP contribution in [-0.2, 0) is 0 Å². The predicted molar refractivity (Wildman–Crippen MR) is 52.1 cm³/mol. The first-order valence-electron chi connectivity index (χ1n) is 5.05. The van der Waals surface area contributed by atoms with E-state index in [0.717, 1.165) is 4.75 Å². The first-order chi connectivity index (χ1) is 5.41. The molecular formula is C10H18S. The van der Waals surface area contributed by atoms with E-state index in [1.54, 1.807) is 0 Å². The van der Waals surface area contributed by atoms with Gasteiger partial charge in [0.1, 0.15) is 0 Å². The summed E-state index contributed by atoms with van der Waals surface area (Å²) in [7, 11) is 0. The van der Waals surface area contributed by atoms with E-state index in [1.165, 1.54) is 57.1 Å². The maximum atomic E-state index is 2.29. The second kappa shape index (κ2) is 3.38. The molecule has 0 radical (unpaired) electrons. The van der Waals surface area contributed by atoms with Gasteiger partial charge in [0.2, 0.25) is 0 Å². The topological polar surface area (TPSA) is 0 Å². The summed E-state index contributed by atoms with van der Waals surface area (Å²) < 4.78 is 0.792. The molecule has 0 nitrogen and oxygen atoms in total. The SMILES string of the molecule is C1CCCC2(CCC2)SCC1. The molecule has 2 fully saturated rings. The molecule has 0 atom stereocenters. The van der Waals surface area contributed by atoms with Crippen molar-refractivity contribution in [2.75, 3.05) is 5.75 Å². The molecule has 1 heterocycles. The maximum Gasteiger partial charge on any atom is 0.0160 e. The summed E-state index contributed by atoms with van der Waals surface area (Å²) >= 11 is 2.29. The molecule has 2 aliphatic rings. The Morgan fingerprint density at radius 1 is 0.727 bits per heavy atom. The Morgan fingerprint density at radius 3 is 2.18 bits per heavy atom. The third-order valence-corrected chi connectivity index (χ3v) is 4.92. The lowest BCUT2D eigenvalue weighted by molar-refractivity contribution is 0.327. The van der Waals surface area contributed by atoms with Crippen molar-refractivity contribution in [1.29, 1.82) is 0 Å². The molecule has 1 aliphatic carbocycles. The van der Waals surface area contributed by atoms with E-state index in [2.05, 4.69) is 11.8 Å². The van der Waals surface area contributed by atoms with Crippen molar-refractivity contribution >= 4 is 11.8 Å². The van der Waals surface area contributed by atoms with Gasteiger partial charge in [0.15, 0.2) is 0 Å². The minimum absolute atomic E-state index is 0.792. The molecule has 1 saturated carbocycles. The summed E-state index contributed by atoms with van der Waals surface area (Å²) in [6.45, 7) is 0. The largest absolute Gasteiger partial charge is 0.155 e. The summed E-state index contributed by atoms with van der Waals surface area (Å²) in [6.07, 6.45) is 12.1. The maximum absolute atomic E-state index is 2.29. The molecule has 0 aromatic rings. The van der Waals surface area contributed by atoms with Crippen LogP contribution >= 0.6 is 11.8 Å². The van der Waals surface area contributed by atoms with Crippen molar-refractivity contribution in [3.05, 3.63) is 0 Å². The zero-order chi connectivity index (χ0) is 7.57. The van der Waals surface area contributed by atoms with Crippen LogP contribution < -0.4 is 0 Å². The van der Waals surface area contributed by atoms with Gasteiger partial charge in [-0.3, -0.25) is 0 Å². The van der Waals surface area contributed by atoms with Gasteiger partial charge in [-0.2, -0.15) is 11.8 Å². The summed E-state index contributed by atoms with van der Waals surface area (Å²) in [6, 6.07) is 0. The number of hydrogen-bond donors (Lipinski definition) is 0. The monoisotopic (exact) mass is 170 g/mol. The third-order valence-electron chi connectivity index (χ3n) is 3.20. The molecule has 0 bridgehead atoms. The highest BCUT2D eigenvalue weighted by molar-refractivity contribution is 8.00. The van der Waals surface area contributed by atoms with Gasteiger partial charge < -0.3 is 0 Å². The highest BCUT2D eigenvalue weighted by atomic mass is 32.2. The molecule has 0 N–H and O–H groups in total. The molecule has 0 aromatic heterocycles. The smallest absolute Gasteiger partial charge is 0.0160 e. The van der Waals surface area contributed by atoms with E-state index in [1.807, 2.05) is 0 Å². The molecule has 64 valence electrons. The van der Waals surface area contributed by atoms with Gasteiger partial charge in [-0.05, 0) is 31.4 Å². The molecule has 1 spiro atoms. The fourth-order valence-corrected chi connectivity index (χ4v) is 3.88. The number of rotatable bonds is 0. The van der Waals surface area contributed by atoms with Crippen LogP contribution in [0.2, 0.25) is 0 Å². The Balaban J connectivity index is 1.86. The van der Waals surface area contributed by atoms with Crippen molar-refractivity contribution in [2.45, 2.75) is 56.1 Å². The van der Waals surface area contributed by atoms with Gasteiger partial charge in [0, 0.05) is 4.75 Å². The zero-order valence-corrected chi connectivity index (χ0v) is 8.09. The van der Waals surface area contributed by atoms with Gasteiger partial charge in [-0.25, -0.2) is 0 Å². The molecular weight excluding hydrogens is 152 g/mol. The molecule has 0 unspecified atom stereocenters. The second-order valence-corrected chi connectivity index (χ2v) is 5.61. The summed E-state index contributed by atoms with van der Waals surface area (Å²) in [5.41, 5.74) is 0. The Morgan fingerprint density at radius 2 is 1.45 bits per heavy atom. The van der Waals surface area contributed by atoms with Gasteiger partial charge in [0.05, 0.1) is 0 Å². The van der Waals surface area contributed by atoms with Crippen molar-refractivity contribution in [2.24, 2.45) is 0 Å². The van der Waals surface area contributed by atoms with Gasteiger partial charge in [0.25, 0.3) is 0 Å². The van der Waals surface area contributed by atoms with Crippen LogP contribution in [-0.4, -0.2) is 10.5 Å². The average Bonchev–Trinajstić information content (AvgIpc) is 1.82. The summed E-state index contributed by atoms with van der Waals surface area (Å²) in [5, 5.41) is 0. The highest BCUT2D eigenvalue weighted by Gasteiger charge is 2.36. The number of hydrogen-bond acceptors (Lipinski definition) is 1. The summed E-state index contributed by atoms with van der Waals surface area (Å²) in [5.74, 6) is 1.44. The van der Waals surface area contributed by atoms with Crippen molar-refractivity contribution in [3.63, 3.8) is 0 Å². The minimum Gasteiger partial charge on any atom is -0.155 e. The Hall–Kier alpha value is 0.350. The fourth-order valence-electron chi connectivity index (χ4n) is 2.23. The highest BCUT2D eigenvalue weighted by Crippen LogP contribution is 2.48. The number of thioether (sulfide) groups is 1. The normalized spacial score (nSPS) is 30.5. The molecule has 1 heteroatoms. The van der Waals surface area contributed by atoms with E-state index in [-0.39, 0.29) is 0 Å². The Kier molecular flexibility index (Phi) is 2.45. The van der Waals surface area contributed by atoms with E-state index >= 15 is 0 Å². The van der Waals surface area contributed by atoms with Crippen LogP contribution in [0.25, 0.3) is 0 Å². The van der Waals surface area contributed by atoms with Gasteiger partial charge in [-0.15, -0.1) is 0 Å².